The van der Waals surface area contributed by atoms with E-state index in [0.717, 1.165) is 0 Å². The van der Waals surface area contributed by atoms with Gasteiger partial charge in [-0.1, -0.05) is 11.6 Å². The van der Waals surface area contributed by atoms with E-state index in [4.69, 9.17) is 11.6 Å². The number of amides is 1. The fraction of sp³-hybridized carbons (Fsp3) is 0.444. The lowest BCUT2D eigenvalue weighted by molar-refractivity contribution is -0.120. The minimum Gasteiger partial charge on any atom is -0.354 e. The van der Waals surface area contributed by atoms with Gasteiger partial charge < -0.3 is 5.32 Å². The minimum absolute atomic E-state index is 0.172. The molecule has 1 aromatic heterocycles. The van der Waals surface area contributed by atoms with Crippen LogP contribution in [0.25, 0.3) is 0 Å². The predicted molar refractivity (Wildman–Crippen MR) is 63.7 cm³/mol. The van der Waals surface area contributed by atoms with Crippen molar-refractivity contribution in [3.8, 4) is 0 Å². The van der Waals surface area contributed by atoms with Crippen LogP contribution in [0.2, 0.25) is 4.34 Å². The van der Waals surface area contributed by atoms with Gasteiger partial charge in [0, 0.05) is 6.04 Å². The lowest BCUT2D eigenvalue weighted by atomic mass is 10.3. The molecule has 1 aliphatic heterocycles. The lowest BCUT2D eigenvalue weighted by Crippen LogP contribution is -2.40. The van der Waals surface area contributed by atoms with Crippen molar-refractivity contribution >= 4 is 34.8 Å². The van der Waals surface area contributed by atoms with Gasteiger partial charge in [-0.2, -0.15) is 0 Å². The molecule has 5 nitrogen and oxygen atoms in total. The molecule has 86 valence electrons. The molecule has 0 aromatic carbocycles. The van der Waals surface area contributed by atoms with E-state index in [1.807, 2.05) is 13.8 Å². The summed E-state index contributed by atoms with van der Waals surface area (Å²) in [5.74, 6) is 0.325. The Morgan fingerprint density at radius 3 is 2.94 bits per heavy atom. The first-order valence-corrected chi connectivity index (χ1v) is 6.02. The van der Waals surface area contributed by atoms with Gasteiger partial charge in [0.25, 0.3) is 5.91 Å². The van der Waals surface area contributed by atoms with Gasteiger partial charge in [-0.3, -0.25) is 10.1 Å². The Labute approximate surface area is 102 Å². The molecule has 2 rings (SSSR count). The molecule has 1 aromatic rings. The maximum absolute atomic E-state index is 11.6. The van der Waals surface area contributed by atoms with Crippen LogP contribution in [0.4, 0.5) is 0 Å². The van der Waals surface area contributed by atoms with E-state index in [0.29, 0.717) is 15.3 Å². The summed E-state index contributed by atoms with van der Waals surface area (Å²) in [6, 6.07) is -0.351. The van der Waals surface area contributed by atoms with Crippen LogP contribution in [-0.4, -0.2) is 22.9 Å². The van der Waals surface area contributed by atoms with Gasteiger partial charge in [0.2, 0.25) is 0 Å². The molecule has 0 aliphatic carbocycles. The van der Waals surface area contributed by atoms with Crippen molar-refractivity contribution in [3.05, 3.63) is 15.5 Å². The number of carbonyl (C=O) groups is 1. The summed E-state index contributed by atoms with van der Waals surface area (Å²) in [5.41, 5.74) is 0. The molecule has 1 amide bonds. The second kappa shape index (κ2) is 4.39. The number of nitrogens with one attached hydrogen (secondary N) is 2. The molecule has 0 radical (unpaired) electrons. The molecule has 1 aliphatic rings. The van der Waals surface area contributed by atoms with Gasteiger partial charge in [-0.15, -0.1) is 11.3 Å². The number of halogens is 1. The topological polar surface area (TPSA) is 66.4 Å². The van der Waals surface area contributed by atoms with Crippen molar-refractivity contribution in [2.45, 2.75) is 25.9 Å². The number of thiazole rings is 1. The van der Waals surface area contributed by atoms with Crippen molar-refractivity contribution in [1.29, 1.82) is 0 Å². The maximum Gasteiger partial charge on any atom is 0.258 e. The number of rotatable bonds is 2. The van der Waals surface area contributed by atoms with E-state index in [1.54, 1.807) is 0 Å². The Bertz CT molecular complexity index is 442. The van der Waals surface area contributed by atoms with E-state index < -0.39 is 6.04 Å². The quantitative estimate of drug-likeness (QED) is 0.841. The van der Waals surface area contributed by atoms with Crippen molar-refractivity contribution in [2.24, 2.45) is 4.99 Å². The molecule has 16 heavy (non-hydrogen) atoms. The van der Waals surface area contributed by atoms with Crippen molar-refractivity contribution < 1.29 is 4.79 Å². The Morgan fingerprint density at radius 2 is 2.38 bits per heavy atom. The summed E-state index contributed by atoms with van der Waals surface area (Å²) in [5, 5.41) is 6.32. The first-order valence-electron chi connectivity index (χ1n) is 4.82. The minimum atomic E-state index is -0.571. The molecule has 1 atom stereocenters. The van der Waals surface area contributed by atoms with E-state index in [2.05, 4.69) is 20.6 Å². The van der Waals surface area contributed by atoms with Crippen LogP contribution in [0.15, 0.2) is 11.2 Å². The Morgan fingerprint density at radius 1 is 1.62 bits per heavy atom. The third-order valence-electron chi connectivity index (χ3n) is 1.90. The number of carbonyl (C=O) groups excluding carboxylic acids is 1. The predicted octanol–water partition coefficient (Wildman–Crippen LogP) is 1.32. The zero-order valence-electron chi connectivity index (χ0n) is 8.82. The summed E-state index contributed by atoms with van der Waals surface area (Å²) in [4.78, 5) is 19.9. The van der Waals surface area contributed by atoms with Gasteiger partial charge in [0.05, 0.1) is 6.20 Å². The molecule has 0 spiro atoms. The average Bonchev–Trinajstić information content (AvgIpc) is 2.72. The number of hydrogen-bond acceptors (Lipinski definition) is 5. The highest BCUT2D eigenvalue weighted by Gasteiger charge is 2.30. The van der Waals surface area contributed by atoms with Crippen LogP contribution in [-0.2, 0) is 4.79 Å². The first kappa shape index (κ1) is 11.3. The normalized spacial score (nSPS) is 19.9. The standard InChI is InChI=1S/C9H11ClN4OS/c1-4(2)12-9-13-6(7(15)14-9)8-11-3-5(10)16-8/h3-4,6H,1-2H3,(H2,12,13,14,15). The smallest absolute Gasteiger partial charge is 0.258 e. The fourth-order valence-electron chi connectivity index (χ4n) is 1.31. The van der Waals surface area contributed by atoms with Gasteiger partial charge in [-0.05, 0) is 13.8 Å². The Balaban J connectivity index is 2.17. The molecular formula is C9H11ClN4OS. The van der Waals surface area contributed by atoms with Crippen molar-refractivity contribution in [3.63, 3.8) is 0 Å². The molecule has 1 unspecified atom stereocenters. The largest absolute Gasteiger partial charge is 0.354 e. The third kappa shape index (κ3) is 2.33. The molecule has 0 bridgehead atoms. The van der Waals surface area contributed by atoms with Gasteiger partial charge in [0.15, 0.2) is 12.0 Å². The molecule has 2 N–H and O–H groups in total. The number of hydrogen-bond donors (Lipinski definition) is 2. The number of nitrogens with zero attached hydrogens (tertiary/aromatic N) is 2. The summed E-state index contributed by atoms with van der Waals surface area (Å²) >= 11 is 7.04. The van der Waals surface area contributed by atoms with E-state index >= 15 is 0 Å². The molecular weight excluding hydrogens is 248 g/mol. The Hall–Kier alpha value is -1.14. The third-order valence-corrected chi connectivity index (χ3v) is 3.07. The molecule has 7 heteroatoms. The van der Waals surface area contributed by atoms with Crippen LogP contribution in [0, 0.1) is 0 Å². The zero-order chi connectivity index (χ0) is 11.7. The lowest BCUT2D eigenvalue weighted by Gasteiger charge is -2.07. The van der Waals surface area contributed by atoms with E-state index in [-0.39, 0.29) is 11.9 Å². The van der Waals surface area contributed by atoms with Crippen LogP contribution >= 0.6 is 22.9 Å². The summed E-state index contributed by atoms with van der Waals surface area (Å²) < 4.78 is 0.559. The SMILES string of the molecule is CC(C)NC1=NC(c2ncc(Cl)s2)C(=O)N1. The van der Waals surface area contributed by atoms with Crippen LogP contribution < -0.4 is 10.6 Å². The highest BCUT2D eigenvalue weighted by molar-refractivity contribution is 7.16. The highest BCUT2D eigenvalue weighted by atomic mass is 35.5. The summed E-state index contributed by atoms with van der Waals surface area (Å²) in [6.07, 6.45) is 1.53. The van der Waals surface area contributed by atoms with Crippen LogP contribution in [0.5, 0.6) is 0 Å². The van der Waals surface area contributed by atoms with Gasteiger partial charge in [-0.25, -0.2) is 9.98 Å². The second-order valence-electron chi connectivity index (χ2n) is 3.67. The monoisotopic (exact) mass is 258 g/mol. The first-order chi connectivity index (χ1) is 7.56. The number of aliphatic imine (C=N–C) groups is 1. The summed E-state index contributed by atoms with van der Waals surface area (Å²) in [6.45, 7) is 3.95. The van der Waals surface area contributed by atoms with Crippen LogP contribution in [0.1, 0.15) is 24.9 Å². The van der Waals surface area contributed by atoms with Gasteiger partial charge in [0.1, 0.15) is 9.34 Å². The van der Waals surface area contributed by atoms with Crippen LogP contribution in [0.3, 0.4) is 0 Å². The van der Waals surface area contributed by atoms with E-state index in [9.17, 15) is 4.79 Å². The maximum atomic E-state index is 11.6. The number of guanidine groups is 1. The Kier molecular flexibility index (Phi) is 3.11. The second-order valence-corrected chi connectivity index (χ2v) is 5.36. The highest BCUT2D eigenvalue weighted by Crippen LogP contribution is 2.28. The number of aromatic nitrogens is 1. The average molecular weight is 259 g/mol. The molecule has 2 heterocycles. The molecule has 0 fully saturated rings. The van der Waals surface area contributed by atoms with E-state index in [1.165, 1.54) is 17.5 Å². The van der Waals surface area contributed by atoms with Crippen molar-refractivity contribution in [1.82, 2.24) is 15.6 Å². The molecule has 0 saturated carbocycles. The van der Waals surface area contributed by atoms with Crippen molar-refractivity contribution in [2.75, 3.05) is 0 Å². The zero-order valence-corrected chi connectivity index (χ0v) is 10.4. The fourth-order valence-corrected chi connectivity index (χ4v) is 2.28. The summed E-state index contributed by atoms with van der Waals surface area (Å²) in [7, 11) is 0. The molecule has 0 saturated heterocycles. The van der Waals surface area contributed by atoms with Gasteiger partial charge >= 0.3 is 0 Å².